The minimum atomic E-state index is -0.189. The lowest BCUT2D eigenvalue weighted by atomic mass is 9.98. The lowest BCUT2D eigenvalue weighted by Gasteiger charge is -2.22. The molecule has 1 aromatic heterocycles. The van der Waals surface area contributed by atoms with Crippen LogP contribution in [0.1, 0.15) is 23.6 Å². The molecule has 0 aliphatic carbocycles. The van der Waals surface area contributed by atoms with Crippen molar-refractivity contribution in [1.29, 1.82) is 0 Å². The van der Waals surface area contributed by atoms with Gasteiger partial charge in [-0.3, -0.25) is 4.79 Å². The van der Waals surface area contributed by atoms with E-state index in [0.717, 1.165) is 32.6 Å². The fourth-order valence-electron chi connectivity index (χ4n) is 3.75. The summed E-state index contributed by atoms with van der Waals surface area (Å²) in [5.41, 5.74) is 4.37. The number of carbonyl (C=O) groups excluding carboxylic acids is 1. The minimum absolute atomic E-state index is 0.102. The Morgan fingerprint density at radius 2 is 1.88 bits per heavy atom. The maximum Gasteiger partial charge on any atom is 0.257 e. The van der Waals surface area contributed by atoms with E-state index in [1.165, 1.54) is 11.8 Å². The molecule has 4 aromatic rings. The van der Waals surface area contributed by atoms with Gasteiger partial charge in [0, 0.05) is 10.9 Å². The number of nitrogens with zero attached hydrogens (tertiary/aromatic N) is 3. The number of carbonyl (C=O) groups is 1. The van der Waals surface area contributed by atoms with Gasteiger partial charge in [0.2, 0.25) is 0 Å². The average molecular weight is 522 g/mol. The van der Waals surface area contributed by atoms with Crippen LogP contribution in [0.5, 0.6) is 5.75 Å². The van der Waals surface area contributed by atoms with E-state index in [2.05, 4.69) is 20.9 Å². The van der Waals surface area contributed by atoms with Crippen LogP contribution in [-0.4, -0.2) is 34.5 Å². The molecule has 1 aliphatic rings. The van der Waals surface area contributed by atoms with E-state index < -0.39 is 0 Å². The van der Waals surface area contributed by atoms with Gasteiger partial charge in [-0.15, -0.1) is 0 Å². The number of oxazole rings is 1. The monoisotopic (exact) mass is 521 g/mol. The second kappa shape index (κ2) is 9.41. The molecule has 3 aromatic carbocycles. The number of hydrazone groups is 1. The summed E-state index contributed by atoms with van der Waals surface area (Å²) in [6, 6.07) is 23.1. The van der Waals surface area contributed by atoms with Gasteiger partial charge in [-0.2, -0.15) is 5.10 Å². The second-order valence-electron chi connectivity index (χ2n) is 7.52. The summed E-state index contributed by atoms with van der Waals surface area (Å²) >= 11 is 4.75. The molecular weight excluding hydrogens is 502 g/mol. The molecule has 33 heavy (non-hydrogen) atoms. The van der Waals surface area contributed by atoms with Gasteiger partial charge in [0.1, 0.15) is 11.3 Å². The third-order valence-corrected chi connectivity index (χ3v) is 6.78. The maximum atomic E-state index is 13.3. The first-order valence-corrected chi connectivity index (χ1v) is 12.2. The molecule has 2 heterocycles. The zero-order chi connectivity index (χ0) is 22.8. The molecule has 0 spiro atoms. The number of ether oxygens (including phenoxy) is 1. The number of halogens is 1. The van der Waals surface area contributed by atoms with Crippen LogP contribution in [0.2, 0.25) is 0 Å². The van der Waals surface area contributed by atoms with Gasteiger partial charge in [0.05, 0.1) is 24.6 Å². The van der Waals surface area contributed by atoms with Crippen molar-refractivity contribution < 1.29 is 13.9 Å². The van der Waals surface area contributed by atoms with Crippen molar-refractivity contribution in [3.05, 3.63) is 88.4 Å². The lowest BCUT2D eigenvalue weighted by molar-refractivity contribution is -0.130. The molecule has 0 N–H and O–H groups in total. The number of methoxy groups -OCH3 is 1. The summed E-state index contributed by atoms with van der Waals surface area (Å²) in [6.07, 6.45) is 0.632. The molecule has 166 valence electrons. The van der Waals surface area contributed by atoms with Crippen LogP contribution in [0.15, 0.2) is 92.0 Å². The van der Waals surface area contributed by atoms with E-state index in [4.69, 9.17) is 14.3 Å². The number of benzene rings is 3. The van der Waals surface area contributed by atoms with Gasteiger partial charge in [-0.25, -0.2) is 9.99 Å². The highest BCUT2D eigenvalue weighted by Gasteiger charge is 2.33. The van der Waals surface area contributed by atoms with Crippen LogP contribution in [0.4, 0.5) is 0 Å². The lowest BCUT2D eigenvalue weighted by Crippen LogP contribution is -2.28. The van der Waals surface area contributed by atoms with E-state index in [0.29, 0.717) is 17.2 Å². The highest BCUT2D eigenvalue weighted by Crippen LogP contribution is 2.35. The zero-order valence-electron chi connectivity index (χ0n) is 17.8. The summed E-state index contributed by atoms with van der Waals surface area (Å²) in [6.45, 7) is 0. The molecule has 1 atom stereocenters. The first-order chi connectivity index (χ1) is 16.1. The standard InChI is InChI=1S/C25H20BrN3O3S/c1-31-19-12-8-17(9-13-19)22-14-21(16-6-10-18(26)11-7-16)28-29(22)24(30)15-33-25-27-20-4-2-3-5-23(20)32-25/h2-13,22H,14-15H2,1H3. The molecule has 0 fully saturated rings. The van der Waals surface area contributed by atoms with Gasteiger partial charge in [0.15, 0.2) is 5.58 Å². The molecule has 1 amide bonds. The largest absolute Gasteiger partial charge is 0.497 e. The van der Waals surface area contributed by atoms with Crippen molar-refractivity contribution in [3.8, 4) is 5.75 Å². The summed E-state index contributed by atoms with van der Waals surface area (Å²) in [5, 5.41) is 6.80. The Bertz CT molecular complexity index is 1290. The van der Waals surface area contributed by atoms with Crippen LogP contribution in [0.25, 0.3) is 11.1 Å². The summed E-state index contributed by atoms with van der Waals surface area (Å²) in [4.78, 5) is 17.7. The van der Waals surface area contributed by atoms with E-state index in [-0.39, 0.29) is 17.7 Å². The molecule has 1 unspecified atom stereocenters. The van der Waals surface area contributed by atoms with Crippen molar-refractivity contribution in [1.82, 2.24) is 9.99 Å². The fraction of sp³-hybridized carbons (Fsp3) is 0.160. The number of fused-ring (bicyclic) bond motifs is 1. The van der Waals surface area contributed by atoms with E-state index in [1.807, 2.05) is 72.8 Å². The third-order valence-electron chi connectivity index (χ3n) is 5.44. The van der Waals surface area contributed by atoms with Gasteiger partial charge in [-0.05, 0) is 47.5 Å². The number of amides is 1. The van der Waals surface area contributed by atoms with E-state index in [9.17, 15) is 4.79 Å². The van der Waals surface area contributed by atoms with Crippen LogP contribution < -0.4 is 4.74 Å². The van der Waals surface area contributed by atoms with E-state index >= 15 is 0 Å². The highest BCUT2D eigenvalue weighted by atomic mass is 79.9. The zero-order valence-corrected chi connectivity index (χ0v) is 20.2. The summed E-state index contributed by atoms with van der Waals surface area (Å²) < 4.78 is 12.0. The van der Waals surface area contributed by atoms with Crippen molar-refractivity contribution in [3.63, 3.8) is 0 Å². The van der Waals surface area contributed by atoms with Gasteiger partial charge < -0.3 is 9.15 Å². The Hall–Kier alpha value is -3.10. The first-order valence-electron chi connectivity index (χ1n) is 10.4. The maximum absolute atomic E-state index is 13.3. The third kappa shape index (κ3) is 4.67. The molecule has 0 saturated heterocycles. The molecule has 0 bridgehead atoms. The van der Waals surface area contributed by atoms with Crippen molar-refractivity contribution >= 4 is 50.4 Å². The molecule has 0 radical (unpaired) electrons. The second-order valence-corrected chi connectivity index (χ2v) is 9.36. The number of thioether (sulfide) groups is 1. The van der Waals surface area contributed by atoms with Crippen molar-refractivity contribution in [2.45, 2.75) is 17.7 Å². The Labute approximate surface area is 203 Å². The SMILES string of the molecule is COc1ccc(C2CC(c3ccc(Br)cc3)=NN2C(=O)CSc2nc3ccccc3o2)cc1. The van der Waals surface area contributed by atoms with Crippen molar-refractivity contribution in [2.24, 2.45) is 5.10 Å². The number of hydrogen-bond acceptors (Lipinski definition) is 6. The Kier molecular flexibility index (Phi) is 6.20. The van der Waals surface area contributed by atoms with Crippen LogP contribution in [0.3, 0.4) is 0 Å². The quantitative estimate of drug-likeness (QED) is 0.288. The normalized spacial score (nSPS) is 15.6. The highest BCUT2D eigenvalue weighted by molar-refractivity contribution is 9.10. The topological polar surface area (TPSA) is 67.9 Å². The molecule has 8 heteroatoms. The van der Waals surface area contributed by atoms with Gasteiger partial charge in [0.25, 0.3) is 11.1 Å². The van der Waals surface area contributed by atoms with Crippen LogP contribution >= 0.6 is 27.7 Å². The van der Waals surface area contributed by atoms with Gasteiger partial charge in [-0.1, -0.05) is 64.1 Å². The predicted octanol–water partition coefficient (Wildman–Crippen LogP) is 6.07. The Balaban J connectivity index is 1.39. The number of rotatable bonds is 6. The summed E-state index contributed by atoms with van der Waals surface area (Å²) in [7, 11) is 1.64. The molecular formula is C25H20BrN3O3S. The Morgan fingerprint density at radius 1 is 1.12 bits per heavy atom. The minimum Gasteiger partial charge on any atom is -0.497 e. The average Bonchev–Trinajstić information content (AvgIpc) is 3.48. The molecule has 0 saturated carbocycles. The number of para-hydroxylation sites is 2. The van der Waals surface area contributed by atoms with Gasteiger partial charge >= 0.3 is 0 Å². The fourth-order valence-corrected chi connectivity index (χ4v) is 4.70. The Morgan fingerprint density at radius 3 is 2.61 bits per heavy atom. The number of hydrogen-bond donors (Lipinski definition) is 0. The molecule has 1 aliphatic heterocycles. The molecule has 6 nitrogen and oxygen atoms in total. The van der Waals surface area contributed by atoms with Crippen molar-refractivity contribution in [2.75, 3.05) is 12.9 Å². The molecule has 5 rings (SSSR count). The van der Waals surface area contributed by atoms with Crippen LogP contribution in [0, 0.1) is 0 Å². The van der Waals surface area contributed by atoms with Crippen LogP contribution in [-0.2, 0) is 4.79 Å². The predicted molar refractivity (Wildman–Crippen MR) is 133 cm³/mol. The first kappa shape index (κ1) is 21.7. The smallest absolute Gasteiger partial charge is 0.257 e. The van der Waals surface area contributed by atoms with E-state index in [1.54, 1.807) is 12.1 Å². The summed E-state index contributed by atoms with van der Waals surface area (Å²) in [5.74, 6) is 0.849. The number of aromatic nitrogens is 1.